The van der Waals surface area contributed by atoms with Crippen LogP contribution in [0.5, 0.6) is 0 Å². The van der Waals surface area contributed by atoms with Crippen molar-refractivity contribution < 1.29 is 8.42 Å². The zero-order valence-electron chi connectivity index (χ0n) is 12.6. The minimum Gasteiger partial charge on any atom is -0.317 e. The predicted molar refractivity (Wildman–Crippen MR) is 79.3 cm³/mol. The summed E-state index contributed by atoms with van der Waals surface area (Å²) in [6, 6.07) is 0. The van der Waals surface area contributed by atoms with Crippen molar-refractivity contribution in [3.05, 3.63) is 0 Å². The van der Waals surface area contributed by atoms with Gasteiger partial charge in [-0.3, -0.25) is 0 Å². The minimum absolute atomic E-state index is 0.492. The molecule has 1 heterocycles. The lowest BCUT2D eigenvalue weighted by Gasteiger charge is -2.31. The summed E-state index contributed by atoms with van der Waals surface area (Å²) < 4.78 is 28.2. The molecule has 0 unspecified atom stereocenters. The van der Waals surface area contributed by atoms with Gasteiger partial charge in [-0.1, -0.05) is 13.8 Å². The van der Waals surface area contributed by atoms with E-state index in [0.717, 1.165) is 38.8 Å². The van der Waals surface area contributed by atoms with Crippen LogP contribution in [0.1, 0.15) is 39.5 Å². The molecule has 0 aromatic rings. The Balaban J connectivity index is 2.62. The Morgan fingerprint density at radius 3 is 2.11 bits per heavy atom. The zero-order chi connectivity index (χ0) is 14.3. The summed E-state index contributed by atoms with van der Waals surface area (Å²) in [7, 11) is -1.56. The van der Waals surface area contributed by atoms with Crippen LogP contribution in [0.25, 0.3) is 0 Å². The molecular weight excluding hydrogens is 262 g/mol. The number of hydrogen-bond donors (Lipinski definition) is 1. The summed E-state index contributed by atoms with van der Waals surface area (Å²) in [6.45, 7) is 7.93. The quantitative estimate of drug-likeness (QED) is 0.733. The Hall–Kier alpha value is -0.170. The highest BCUT2D eigenvalue weighted by molar-refractivity contribution is 7.86. The molecule has 0 saturated carbocycles. The van der Waals surface area contributed by atoms with E-state index < -0.39 is 10.2 Å². The molecular formula is C13H29N3O2S. The van der Waals surface area contributed by atoms with Gasteiger partial charge in [0.25, 0.3) is 10.2 Å². The smallest absolute Gasteiger partial charge is 0.281 e. The molecule has 1 fully saturated rings. The average Bonchev–Trinajstić information content (AvgIpc) is 2.39. The van der Waals surface area contributed by atoms with Crippen molar-refractivity contribution in [2.75, 3.05) is 39.8 Å². The van der Waals surface area contributed by atoms with Crippen LogP contribution in [0.4, 0.5) is 0 Å². The van der Waals surface area contributed by atoms with E-state index in [9.17, 15) is 8.42 Å². The molecule has 0 aromatic heterocycles. The highest BCUT2D eigenvalue weighted by Gasteiger charge is 2.28. The van der Waals surface area contributed by atoms with Crippen LogP contribution < -0.4 is 5.32 Å². The summed E-state index contributed by atoms with van der Waals surface area (Å²) >= 11 is 0. The van der Waals surface area contributed by atoms with Crippen LogP contribution in [0.3, 0.4) is 0 Å². The fourth-order valence-corrected chi connectivity index (χ4v) is 4.18. The third-order valence-corrected chi connectivity index (χ3v) is 5.59. The Kier molecular flexibility index (Phi) is 7.28. The highest BCUT2D eigenvalue weighted by Crippen LogP contribution is 2.16. The van der Waals surface area contributed by atoms with E-state index >= 15 is 0 Å². The molecule has 0 aliphatic carbocycles. The molecule has 0 atom stereocenters. The number of piperidine rings is 1. The molecule has 19 heavy (non-hydrogen) atoms. The summed E-state index contributed by atoms with van der Waals surface area (Å²) in [5, 5.41) is 3.31. The monoisotopic (exact) mass is 291 g/mol. The zero-order valence-corrected chi connectivity index (χ0v) is 13.4. The Labute approximate surface area is 118 Å². The summed E-state index contributed by atoms with van der Waals surface area (Å²) in [6.07, 6.45) is 3.86. The van der Waals surface area contributed by atoms with Crippen LogP contribution in [0.2, 0.25) is 0 Å². The molecule has 0 spiro atoms. The molecule has 6 heteroatoms. The molecule has 1 rings (SSSR count). The SMILES string of the molecule is CCCN(CCC)S(=O)(=O)N(C)CC1CCNCC1. The summed E-state index contributed by atoms with van der Waals surface area (Å²) in [5.74, 6) is 0.492. The van der Waals surface area contributed by atoms with Crippen molar-refractivity contribution in [3.63, 3.8) is 0 Å². The number of rotatable bonds is 8. The Bertz CT molecular complexity index is 334. The van der Waals surface area contributed by atoms with Crippen molar-refractivity contribution in [2.24, 2.45) is 5.92 Å². The second-order valence-corrected chi connectivity index (χ2v) is 7.42. The molecule has 0 amide bonds. The Morgan fingerprint density at radius 2 is 1.63 bits per heavy atom. The molecule has 1 aliphatic heterocycles. The third kappa shape index (κ3) is 5.02. The second kappa shape index (κ2) is 8.19. The van der Waals surface area contributed by atoms with E-state index in [1.54, 1.807) is 15.7 Å². The first-order valence-electron chi connectivity index (χ1n) is 7.44. The van der Waals surface area contributed by atoms with E-state index in [4.69, 9.17) is 0 Å². The fraction of sp³-hybridized carbons (Fsp3) is 1.00. The summed E-state index contributed by atoms with van der Waals surface area (Å²) in [5.41, 5.74) is 0. The van der Waals surface area contributed by atoms with Crippen molar-refractivity contribution in [2.45, 2.75) is 39.5 Å². The standard InChI is InChI=1S/C13H29N3O2S/c1-4-10-16(11-5-2)19(17,18)15(3)12-13-6-8-14-9-7-13/h13-14H,4-12H2,1-3H3. The van der Waals surface area contributed by atoms with Crippen molar-refractivity contribution >= 4 is 10.2 Å². The molecule has 0 aromatic carbocycles. The molecule has 0 radical (unpaired) electrons. The second-order valence-electron chi connectivity index (χ2n) is 5.38. The molecule has 5 nitrogen and oxygen atoms in total. The first kappa shape index (κ1) is 16.9. The van der Waals surface area contributed by atoms with E-state index in [0.29, 0.717) is 25.6 Å². The third-order valence-electron chi connectivity index (χ3n) is 3.64. The molecule has 1 saturated heterocycles. The van der Waals surface area contributed by atoms with Gasteiger partial charge in [-0.15, -0.1) is 0 Å². The fourth-order valence-electron chi connectivity index (χ4n) is 2.56. The van der Waals surface area contributed by atoms with Gasteiger partial charge < -0.3 is 5.32 Å². The lowest BCUT2D eigenvalue weighted by Crippen LogP contribution is -2.45. The first-order valence-corrected chi connectivity index (χ1v) is 8.84. The molecule has 1 N–H and O–H groups in total. The maximum atomic E-state index is 12.5. The Morgan fingerprint density at radius 1 is 1.11 bits per heavy atom. The van der Waals surface area contributed by atoms with Crippen molar-refractivity contribution in [1.82, 2.24) is 13.9 Å². The van der Waals surface area contributed by atoms with Crippen molar-refractivity contribution in [1.29, 1.82) is 0 Å². The van der Waals surface area contributed by atoms with Gasteiger partial charge in [0.1, 0.15) is 0 Å². The maximum absolute atomic E-state index is 12.5. The number of nitrogens with zero attached hydrogens (tertiary/aromatic N) is 2. The summed E-state index contributed by atoms with van der Waals surface area (Å²) in [4.78, 5) is 0. The predicted octanol–water partition coefficient (Wildman–Crippen LogP) is 1.28. The number of hydrogen-bond acceptors (Lipinski definition) is 3. The first-order chi connectivity index (χ1) is 9.02. The largest absolute Gasteiger partial charge is 0.317 e. The molecule has 1 aliphatic rings. The average molecular weight is 291 g/mol. The van der Waals surface area contributed by atoms with Gasteiger partial charge in [0, 0.05) is 26.7 Å². The van der Waals surface area contributed by atoms with Crippen LogP contribution in [-0.4, -0.2) is 56.8 Å². The van der Waals surface area contributed by atoms with Crippen LogP contribution in [0, 0.1) is 5.92 Å². The van der Waals surface area contributed by atoms with E-state index in [-0.39, 0.29) is 0 Å². The van der Waals surface area contributed by atoms with Crippen LogP contribution >= 0.6 is 0 Å². The van der Waals surface area contributed by atoms with Crippen molar-refractivity contribution in [3.8, 4) is 0 Å². The maximum Gasteiger partial charge on any atom is 0.281 e. The van der Waals surface area contributed by atoms with Gasteiger partial charge in [-0.05, 0) is 44.7 Å². The van der Waals surface area contributed by atoms with Crippen LogP contribution in [-0.2, 0) is 10.2 Å². The van der Waals surface area contributed by atoms with Crippen LogP contribution in [0.15, 0.2) is 0 Å². The lowest BCUT2D eigenvalue weighted by atomic mass is 9.98. The van der Waals surface area contributed by atoms with Gasteiger partial charge >= 0.3 is 0 Å². The number of nitrogens with one attached hydrogen (secondary N) is 1. The van der Waals surface area contributed by atoms with E-state index in [2.05, 4.69) is 5.32 Å². The minimum atomic E-state index is -3.28. The van der Waals surface area contributed by atoms with Gasteiger partial charge in [0.15, 0.2) is 0 Å². The van der Waals surface area contributed by atoms with Gasteiger partial charge in [-0.2, -0.15) is 17.0 Å². The molecule has 114 valence electrons. The van der Waals surface area contributed by atoms with Gasteiger partial charge in [0.05, 0.1) is 0 Å². The van der Waals surface area contributed by atoms with E-state index in [1.165, 1.54) is 0 Å². The highest BCUT2D eigenvalue weighted by atomic mass is 32.2. The van der Waals surface area contributed by atoms with E-state index in [1.807, 2.05) is 13.8 Å². The topological polar surface area (TPSA) is 52.7 Å². The van der Waals surface area contributed by atoms with Gasteiger partial charge in [0.2, 0.25) is 0 Å². The van der Waals surface area contributed by atoms with Gasteiger partial charge in [-0.25, -0.2) is 0 Å². The molecule has 0 bridgehead atoms. The normalized spacial score (nSPS) is 18.4. The lowest BCUT2D eigenvalue weighted by molar-refractivity contribution is 0.290.